The van der Waals surface area contributed by atoms with E-state index in [1.807, 2.05) is 39.0 Å². The number of hydrogen-bond donors (Lipinski definition) is 1. The SMILES string of the molecule is Cc1ccc(NC2COC(C)(C)OC2)c(Cl)c1. The van der Waals surface area contributed by atoms with E-state index in [1.54, 1.807) is 0 Å². The van der Waals surface area contributed by atoms with E-state index in [4.69, 9.17) is 21.1 Å². The molecule has 17 heavy (non-hydrogen) atoms. The van der Waals surface area contributed by atoms with Gasteiger partial charge in [0.15, 0.2) is 5.79 Å². The third-order valence-electron chi connectivity index (χ3n) is 2.75. The molecule has 1 aromatic rings. The summed E-state index contributed by atoms with van der Waals surface area (Å²) in [5, 5.41) is 4.06. The highest BCUT2D eigenvalue weighted by molar-refractivity contribution is 6.33. The molecule has 94 valence electrons. The van der Waals surface area contributed by atoms with E-state index in [0.717, 1.165) is 16.3 Å². The van der Waals surface area contributed by atoms with Crippen LogP contribution >= 0.6 is 11.6 Å². The van der Waals surface area contributed by atoms with E-state index in [1.165, 1.54) is 0 Å². The molecule has 0 radical (unpaired) electrons. The first-order chi connectivity index (χ1) is 7.96. The summed E-state index contributed by atoms with van der Waals surface area (Å²) in [5.74, 6) is -0.477. The minimum atomic E-state index is -0.477. The molecule has 0 bridgehead atoms. The fourth-order valence-electron chi connectivity index (χ4n) is 1.73. The maximum absolute atomic E-state index is 6.16. The van der Waals surface area contributed by atoms with Crippen molar-refractivity contribution in [2.24, 2.45) is 0 Å². The quantitative estimate of drug-likeness (QED) is 0.880. The van der Waals surface area contributed by atoms with Crippen LogP contribution in [-0.2, 0) is 9.47 Å². The summed E-state index contributed by atoms with van der Waals surface area (Å²) in [6.45, 7) is 7.10. The van der Waals surface area contributed by atoms with Crippen LogP contribution in [0.2, 0.25) is 5.02 Å². The number of nitrogens with one attached hydrogen (secondary N) is 1. The van der Waals surface area contributed by atoms with Gasteiger partial charge in [-0.1, -0.05) is 17.7 Å². The molecule has 1 fully saturated rings. The van der Waals surface area contributed by atoms with Crippen LogP contribution < -0.4 is 5.32 Å². The van der Waals surface area contributed by atoms with Crippen molar-refractivity contribution in [2.45, 2.75) is 32.6 Å². The number of rotatable bonds is 2. The van der Waals surface area contributed by atoms with Crippen molar-refractivity contribution in [2.75, 3.05) is 18.5 Å². The number of benzene rings is 1. The first-order valence-corrected chi connectivity index (χ1v) is 6.15. The van der Waals surface area contributed by atoms with Gasteiger partial charge in [-0.3, -0.25) is 0 Å². The van der Waals surface area contributed by atoms with Gasteiger partial charge in [-0.25, -0.2) is 0 Å². The highest BCUT2D eigenvalue weighted by Crippen LogP contribution is 2.25. The molecule has 1 aliphatic heterocycles. The number of ether oxygens (including phenoxy) is 2. The maximum atomic E-state index is 6.16. The molecule has 0 saturated carbocycles. The second-order valence-electron chi connectivity index (χ2n) is 4.85. The van der Waals surface area contributed by atoms with E-state index in [2.05, 4.69) is 5.32 Å². The Bertz CT molecular complexity index is 396. The lowest BCUT2D eigenvalue weighted by atomic mass is 10.2. The third-order valence-corrected chi connectivity index (χ3v) is 3.06. The summed E-state index contributed by atoms with van der Waals surface area (Å²) in [4.78, 5) is 0. The monoisotopic (exact) mass is 255 g/mol. The summed E-state index contributed by atoms with van der Waals surface area (Å²) in [7, 11) is 0. The zero-order valence-electron chi connectivity index (χ0n) is 10.4. The lowest BCUT2D eigenvalue weighted by Gasteiger charge is -2.35. The largest absolute Gasteiger partial charge is 0.376 e. The van der Waals surface area contributed by atoms with Crippen molar-refractivity contribution >= 4 is 17.3 Å². The standard InChI is InChI=1S/C13H18ClNO2/c1-9-4-5-12(11(14)6-9)15-10-7-16-13(2,3)17-8-10/h4-6,10,15H,7-8H2,1-3H3. The van der Waals surface area contributed by atoms with Crippen molar-refractivity contribution < 1.29 is 9.47 Å². The van der Waals surface area contributed by atoms with Crippen LogP contribution in [-0.4, -0.2) is 25.0 Å². The number of anilines is 1. The van der Waals surface area contributed by atoms with Gasteiger partial charge in [-0.15, -0.1) is 0 Å². The van der Waals surface area contributed by atoms with E-state index >= 15 is 0 Å². The Balaban J connectivity index is 1.98. The maximum Gasteiger partial charge on any atom is 0.162 e. The van der Waals surface area contributed by atoms with Gasteiger partial charge >= 0.3 is 0 Å². The molecule has 0 atom stereocenters. The Kier molecular flexibility index (Phi) is 3.61. The topological polar surface area (TPSA) is 30.5 Å². The van der Waals surface area contributed by atoms with Crippen molar-refractivity contribution in [3.05, 3.63) is 28.8 Å². The van der Waals surface area contributed by atoms with Crippen molar-refractivity contribution in [1.29, 1.82) is 0 Å². The predicted octanol–water partition coefficient (Wildman–Crippen LogP) is 3.21. The van der Waals surface area contributed by atoms with Crippen LogP contribution in [0.15, 0.2) is 18.2 Å². The Hall–Kier alpha value is -0.770. The van der Waals surface area contributed by atoms with Gasteiger partial charge in [0.25, 0.3) is 0 Å². The van der Waals surface area contributed by atoms with Gasteiger partial charge in [-0.05, 0) is 38.5 Å². The smallest absolute Gasteiger partial charge is 0.162 e. The normalized spacial score (nSPS) is 20.2. The fraction of sp³-hybridized carbons (Fsp3) is 0.538. The predicted molar refractivity (Wildman–Crippen MR) is 69.6 cm³/mol. The van der Waals surface area contributed by atoms with Gasteiger partial charge in [0.1, 0.15) is 0 Å². The van der Waals surface area contributed by atoms with E-state index in [0.29, 0.717) is 13.2 Å². The first-order valence-electron chi connectivity index (χ1n) is 5.77. The summed E-state index contributed by atoms with van der Waals surface area (Å²) >= 11 is 6.16. The van der Waals surface area contributed by atoms with Gasteiger partial charge in [0, 0.05) is 0 Å². The van der Waals surface area contributed by atoms with Crippen LogP contribution in [0.25, 0.3) is 0 Å². The van der Waals surface area contributed by atoms with Gasteiger partial charge < -0.3 is 14.8 Å². The molecule has 2 rings (SSSR count). The molecule has 0 spiro atoms. The molecular weight excluding hydrogens is 238 g/mol. The van der Waals surface area contributed by atoms with Crippen LogP contribution in [0.4, 0.5) is 5.69 Å². The van der Waals surface area contributed by atoms with Crippen LogP contribution in [0.3, 0.4) is 0 Å². The fourth-order valence-corrected chi connectivity index (χ4v) is 2.02. The zero-order valence-corrected chi connectivity index (χ0v) is 11.2. The molecule has 1 aromatic carbocycles. The van der Waals surface area contributed by atoms with Gasteiger partial charge in [0.2, 0.25) is 0 Å². The summed E-state index contributed by atoms with van der Waals surface area (Å²) in [6, 6.07) is 6.10. The van der Waals surface area contributed by atoms with E-state index < -0.39 is 5.79 Å². The van der Waals surface area contributed by atoms with Crippen molar-refractivity contribution in [1.82, 2.24) is 0 Å². The highest BCUT2D eigenvalue weighted by atomic mass is 35.5. The van der Waals surface area contributed by atoms with Gasteiger partial charge in [0.05, 0.1) is 30.0 Å². The third kappa shape index (κ3) is 3.35. The first kappa shape index (κ1) is 12.7. The van der Waals surface area contributed by atoms with Crippen LogP contribution in [0.1, 0.15) is 19.4 Å². The molecule has 3 nitrogen and oxygen atoms in total. The molecule has 1 N–H and O–H groups in total. The van der Waals surface area contributed by atoms with E-state index in [-0.39, 0.29) is 6.04 Å². The average molecular weight is 256 g/mol. The van der Waals surface area contributed by atoms with E-state index in [9.17, 15) is 0 Å². The molecule has 0 aliphatic carbocycles. The van der Waals surface area contributed by atoms with Crippen molar-refractivity contribution in [3.8, 4) is 0 Å². The number of aryl methyl sites for hydroxylation is 1. The number of hydrogen-bond acceptors (Lipinski definition) is 3. The Morgan fingerprint density at radius 1 is 1.29 bits per heavy atom. The number of halogens is 1. The summed E-state index contributed by atoms with van der Waals surface area (Å²) < 4.78 is 11.2. The molecular formula is C13H18ClNO2. The van der Waals surface area contributed by atoms with Gasteiger partial charge in [-0.2, -0.15) is 0 Å². The Morgan fingerprint density at radius 2 is 1.94 bits per heavy atom. The lowest BCUT2D eigenvalue weighted by Crippen LogP contribution is -2.45. The molecule has 0 amide bonds. The molecule has 0 unspecified atom stereocenters. The Labute approximate surface area is 107 Å². The second-order valence-corrected chi connectivity index (χ2v) is 5.25. The minimum absolute atomic E-state index is 0.142. The molecule has 1 saturated heterocycles. The average Bonchev–Trinajstić information content (AvgIpc) is 2.25. The minimum Gasteiger partial charge on any atom is -0.376 e. The van der Waals surface area contributed by atoms with Crippen LogP contribution in [0, 0.1) is 6.92 Å². The second kappa shape index (κ2) is 4.84. The summed E-state index contributed by atoms with van der Waals surface area (Å²) in [6.07, 6.45) is 0. The molecule has 1 aliphatic rings. The molecule has 4 heteroatoms. The lowest BCUT2D eigenvalue weighted by molar-refractivity contribution is -0.247. The molecule has 0 aromatic heterocycles. The Morgan fingerprint density at radius 3 is 2.53 bits per heavy atom. The highest BCUT2D eigenvalue weighted by Gasteiger charge is 2.28. The molecule has 1 heterocycles. The summed E-state index contributed by atoms with van der Waals surface area (Å²) in [5.41, 5.74) is 2.08. The zero-order chi connectivity index (χ0) is 12.5. The van der Waals surface area contributed by atoms with Crippen molar-refractivity contribution in [3.63, 3.8) is 0 Å². The van der Waals surface area contributed by atoms with Crippen LogP contribution in [0.5, 0.6) is 0 Å².